The highest BCUT2D eigenvalue weighted by Gasteiger charge is 2.18. The largest absolute Gasteiger partial charge is 0.275 e. The van der Waals surface area contributed by atoms with Crippen molar-refractivity contribution in [3.05, 3.63) is 83.4 Å². The van der Waals surface area contributed by atoms with Gasteiger partial charge < -0.3 is 0 Å². The topological polar surface area (TPSA) is 43.6 Å². The fourth-order valence-corrected chi connectivity index (χ4v) is 3.72. The van der Waals surface area contributed by atoms with E-state index < -0.39 is 0 Å². The molecule has 29 heavy (non-hydrogen) atoms. The Hall–Kier alpha value is -3.24. The molecule has 5 aromatic rings. The van der Waals surface area contributed by atoms with Crippen molar-refractivity contribution in [3.63, 3.8) is 0 Å². The fourth-order valence-electron chi connectivity index (χ4n) is 3.53. The number of para-hydroxylation sites is 2. The average Bonchev–Trinajstić information content (AvgIpc) is 3.10. The van der Waals surface area contributed by atoms with Crippen LogP contribution in [0.1, 0.15) is 25.3 Å². The third-order valence-corrected chi connectivity index (χ3v) is 5.31. The van der Waals surface area contributed by atoms with Gasteiger partial charge in [-0.15, -0.1) is 0 Å². The van der Waals surface area contributed by atoms with Crippen LogP contribution in [0, 0.1) is 0 Å². The van der Waals surface area contributed by atoms with Crippen LogP contribution in [-0.2, 0) is 0 Å². The molecule has 0 aliphatic carbocycles. The summed E-state index contributed by atoms with van der Waals surface area (Å²) < 4.78 is 2.06. The van der Waals surface area contributed by atoms with Crippen LogP contribution >= 0.6 is 11.6 Å². The zero-order chi connectivity index (χ0) is 20.0. The molecule has 0 saturated carbocycles. The molecular formula is C24H19ClN4. The van der Waals surface area contributed by atoms with Crippen molar-refractivity contribution < 1.29 is 0 Å². The van der Waals surface area contributed by atoms with E-state index in [1.165, 1.54) is 5.56 Å². The summed E-state index contributed by atoms with van der Waals surface area (Å²) in [6.45, 7) is 4.38. The smallest absolute Gasteiger partial charge is 0.199 e. The summed E-state index contributed by atoms with van der Waals surface area (Å²) in [7, 11) is 0. The van der Waals surface area contributed by atoms with Crippen LogP contribution in [0.3, 0.4) is 0 Å². The molecule has 0 unspecified atom stereocenters. The normalized spacial score (nSPS) is 11.6. The van der Waals surface area contributed by atoms with E-state index in [0.717, 1.165) is 33.8 Å². The van der Waals surface area contributed by atoms with Gasteiger partial charge in [-0.2, -0.15) is 0 Å². The molecule has 3 aromatic carbocycles. The van der Waals surface area contributed by atoms with Crippen molar-refractivity contribution in [1.29, 1.82) is 0 Å². The highest BCUT2D eigenvalue weighted by molar-refractivity contribution is 6.30. The predicted molar refractivity (Wildman–Crippen MR) is 119 cm³/mol. The lowest BCUT2D eigenvalue weighted by atomic mass is 10.0. The van der Waals surface area contributed by atoms with E-state index in [0.29, 0.717) is 16.6 Å². The monoisotopic (exact) mass is 398 g/mol. The van der Waals surface area contributed by atoms with Crippen LogP contribution < -0.4 is 0 Å². The summed E-state index contributed by atoms with van der Waals surface area (Å²) in [4.78, 5) is 14.5. The second-order valence-corrected chi connectivity index (χ2v) is 7.82. The molecular weight excluding hydrogens is 380 g/mol. The first-order chi connectivity index (χ1) is 14.1. The van der Waals surface area contributed by atoms with E-state index in [-0.39, 0.29) is 0 Å². The summed E-state index contributed by atoms with van der Waals surface area (Å²) >= 11 is 6.26. The van der Waals surface area contributed by atoms with Gasteiger partial charge in [0.15, 0.2) is 11.3 Å². The Morgan fingerprint density at radius 2 is 1.52 bits per heavy atom. The van der Waals surface area contributed by atoms with Gasteiger partial charge in [0.1, 0.15) is 5.82 Å². The lowest BCUT2D eigenvalue weighted by Crippen LogP contribution is -2.00. The van der Waals surface area contributed by atoms with Gasteiger partial charge in [-0.1, -0.05) is 61.8 Å². The van der Waals surface area contributed by atoms with Gasteiger partial charge in [0, 0.05) is 16.3 Å². The van der Waals surface area contributed by atoms with Crippen molar-refractivity contribution in [2.75, 3.05) is 0 Å². The zero-order valence-corrected chi connectivity index (χ0v) is 16.9. The minimum Gasteiger partial charge on any atom is -0.275 e. The van der Waals surface area contributed by atoms with E-state index >= 15 is 0 Å². The Morgan fingerprint density at radius 3 is 2.21 bits per heavy atom. The average molecular weight is 399 g/mol. The number of halogens is 1. The van der Waals surface area contributed by atoms with E-state index in [2.05, 4.69) is 42.7 Å². The Balaban J connectivity index is 1.82. The summed E-state index contributed by atoms with van der Waals surface area (Å²) in [6.07, 6.45) is 0. The lowest BCUT2D eigenvalue weighted by molar-refractivity contribution is 0.865. The summed E-state index contributed by atoms with van der Waals surface area (Å²) in [5.41, 5.74) is 6.24. The number of hydrogen-bond donors (Lipinski definition) is 0. The zero-order valence-electron chi connectivity index (χ0n) is 16.2. The molecule has 4 nitrogen and oxygen atoms in total. The second-order valence-electron chi connectivity index (χ2n) is 7.39. The molecule has 142 valence electrons. The van der Waals surface area contributed by atoms with Gasteiger partial charge in [0.05, 0.1) is 11.0 Å². The quantitative estimate of drug-likeness (QED) is 0.352. The molecule has 5 rings (SSSR count). The first-order valence-electron chi connectivity index (χ1n) is 9.61. The van der Waals surface area contributed by atoms with Gasteiger partial charge in [-0.25, -0.2) is 15.0 Å². The van der Waals surface area contributed by atoms with E-state index in [9.17, 15) is 0 Å². The van der Waals surface area contributed by atoms with Gasteiger partial charge >= 0.3 is 0 Å². The number of aromatic nitrogens is 4. The minimum absolute atomic E-state index is 0.472. The van der Waals surface area contributed by atoms with Crippen molar-refractivity contribution in [3.8, 4) is 17.1 Å². The summed E-state index contributed by atoms with van der Waals surface area (Å²) in [5.74, 6) is 1.25. The summed E-state index contributed by atoms with van der Waals surface area (Å²) in [6, 6.07) is 24.1. The lowest BCUT2D eigenvalue weighted by Gasteiger charge is -2.11. The molecule has 0 spiro atoms. The highest BCUT2D eigenvalue weighted by Crippen LogP contribution is 2.30. The fraction of sp³-hybridized carbons (Fsp3) is 0.125. The molecule has 0 bridgehead atoms. The SMILES string of the molecule is CC(C)c1ccc(-n2c(-c3cccc(Cl)c3)nc3nc4ccccc4nc32)cc1. The number of rotatable bonds is 3. The molecule has 0 saturated heterocycles. The molecule has 0 amide bonds. The van der Waals surface area contributed by atoms with Gasteiger partial charge in [0.25, 0.3) is 0 Å². The van der Waals surface area contributed by atoms with E-state index in [4.69, 9.17) is 26.6 Å². The van der Waals surface area contributed by atoms with Crippen LogP contribution in [0.5, 0.6) is 0 Å². The molecule has 5 heteroatoms. The molecule has 0 N–H and O–H groups in total. The maximum atomic E-state index is 6.26. The first kappa shape index (κ1) is 17.8. The van der Waals surface area contributed by atoms with Gasteiger partial charge in [0.2, 0.25) is 0 Å². The molecule has 0 aliphatic heterocycles. The van der Waals surface area contributed by atoms with Crippen molar-refractivity contribution in [1.82, 2.24) is 19.5 Å². The van der Waals surface area contributed by atoms with Crippen LogP contribution in [0.15, 0.2) is 72.8 Å². The predicted octanol–water partition coefficient (Wildman–Crippen LogP) is 6.41. The molecule has 0 fully saturated rings. The van der Waals surface area contributed by atoms with Gasteiger partial charge in [-0.05, 0) is 47.9 Å². The van der Waals surface area contributed by atoms with Gasteiger partial charge in [-0.3, -0.25) is 4.57 Å². The highest BCUT2D eigenvalue weighted by atomic mass is 35.5. The Bertz CT molecular complexity index is 1340. The Morgan fingerprint density at radius 1 is 0.793 bits per heavy atom. The van der Waals surface area contributed by atoms with Crippen LogP contribution in [0.2, 0.25) is 5.02 Å². The summed E-state index contributed by atoms with van der Waals surface area (Å²) in [5, 5.41) is 0.669. The number of benzene rings is 3. The molecule has 0 aliphatic rings. The molecule has 2 aromatic heterocycles. The number of imidazole rings is 1. The number of nitrogens with zero attached hydrogens (tertiary/aromatic N) is 4. The third kappa shape index (κ3) is 3.15. The first-order valence-corrected chi connectivity index (χ1v) is 9.99. The van der Waals surface area contributed by atoms with Crippen molar-refractivity contribution in [2.24, 2.45) is 0 Å². The maximum absolute atomic E-state index is 6.26. The van der Waals surface area contributed by atoms with E-state index in [1.807, 2.05) is 48.5 Å². The Labute approximate surface area is 173 Å². The standard InChI is InChI=1S/C24H19ClN4/c1-15(2)16-10-12-19(13-11-16)29-23(17-6-5-7-18(25)14-17)28-22-24(29)27-21-9-4-3-8-20(21)26-22/h3-15H,1-2H3. The molecule has 2 heterocycles. The molecule has 0 atom stereocenters. The Kier molecular flexibility index (Phi) is 4.29. The second kappa shape index (κ2) is 6.98. The minimum atomic E-state index is 0.472. The number of fused-ring (bicyclic) bond motifs is 2. The van der Waals surface area contributed by atoms with Crippen LogP contribution in [0.4, 0.5) is 0 Å². The number of hydrogen-bond acceptors (Lipinski definition) is 3. The third-order valence-electron chi connectivity index (χ3n) is 5.07. The van der Waals surface area contributed by atoms with Crippen LogP contribution in [-0.4, -0.2) is 19.5 Å². The van der Waals surface area contributed by atoms with Crippen molar-refractivity contribution >= 4 is 33.9 Å². The van der Waals surface area contributed by atoms with E-state index in [1.54, 1.807) is 0 Å². The van der Waals surface area contributed by atoms with Crippen molar-refractivity contribution in [2.45, 2.75) is 19.8 Å². The maximum Gasteiger partial charge on any atom is 0.199 e. The van der Waals surface area contributed by atoms with Crippen LogP contribution in [0.25, 0.3) is 39.4 Å². The molecule has 0 radical (unpaired) electrons.